The monoisotopic (exact) mass is 422 g/mol. The van der Waals surface area contributed by atoms with Crippen LogP contribution in [0.3, 0.4) is 0 Å². The fourth-order valence-corrected chi connectivity index (χ4v) is 10.9. The molecule has 0 saturated carbocycles. The number of methoxy groups -OCH3 is 4. The Kier molecular flexibility index (Phi) is 15.0. The van der Waals surface area contributed by atoms with E-state index in [9.17, 15) is 0 Å². The molecule has 0 aliphatic rings. The van der Waals surface area contributed by atoms with E-state index in [1.807, 2.05) is 41.2 Å². The Morgan fingerprint density at radius 3 is 1.23 bits per heavy atom. The molecule has 0 radical (unpaired) electrons. The summed E-state index contributed by atoms with van der Waals surface area (Å²) in [7, 11) is 13.7. The smallest absolute Gasteiger partial charge is 0.144 e. The second-order valence-electron chi connectivity index (χ2n) is 4.63. The van der Waals surface area contributed by atoms with Gasteiger partial charge in [-0.05, 0) is 19.7 Å². The van der Waals surface area contributed by atoms with Crippen molar-refractivity contribution >= 4 is 60.3 Å². The molecule has 0 amide bonds. The minimum absolute atomic E-state index is 0.284. The van der Waals surface area contributed by atoms with Crippen LogP contribution in [0.1, 0.15) is 12.8 Å². The van der Waals surface area contributed by atoms with Crippen molar-refractivity contribution in [3.05, 3.63) is 0 Å². The van der Waals surface area contributed by atoms with Gasteiger partial charge in [0.05, 0.1) is 19.0 Å². The lowest BCUT2D eigenvalue weighted by Crippen LogP contribution is -2.39. The molecule has 22 heavy (non-hydrogen) atoms. The van der Waals surface area contributed by atoms with Crippen molar-refractivity contribution in [2.75, 3.05) is 39.9 Å². The van der Waals surface area contributed by atoms with E-state index in [2.05, 4.69) is 13.1 Å². The highest BCUT2D eigenvalue weighted by atomic mass is 33.7. The van der Waals surface area contributed by atoms with Crippen molar-refractivity contribution in [2.45, 2.75) is 36.8 Å². The third-order valence-electron chi connectivity index (χ3n) is 3.82. The maximum Gasteiger partial charge on any atom is 0.144 e. The van der Waals surface area contributed by atoms with E-state index in [0.29, 0.717) is 0 Å². The van der Waals surface area contributed by atoms with Gasteiger partial charge in [0.25, 0.3) is 0 Å². The van der Waals surface area contributed by atoms with E-state index in [4.69, 9.17) is 18.9 Å². The first kappa shape index (κ1) is 23.7. The molecule has 0 unspecified atom stereocenters. The van der Waals surface area contributed by atoms with Crippen molar-refractivity contribution in [1.29, 1.82) is 0 Å². The van der Waals surface area contributed by atoms with Crippen LogP contribution in [-0.2, 0) is 18.9 Å². The van der Waals surface area contributed by atoms with E-state index in [0.717, 1.165) is 24.3 Å². The Balaban J connectivity index is 3.70. The van der Waals surface area contributed by atoms with Crippen LogP contribution >= 0.6 is 41.2 Å². The molecule has 134 valence electrons. The first-order valence-electron chi connectivity index (χ1n) is 7.36. The Morgan fingerprint density at radius 1 is 0.682 bits per heavy atom. The van der Waals surface area contributed by atoms with Gasteiger partial charge >= 0.3 is 0 Å². The Hall–Kier alpha value is 1.67. The third kappa shape index (κ3) is 8.68. The van der Waals surface area contributed by atoms with Gasteiger partial charge in [0, 0.05) is 52.8 Å². The molecule has 0 aromatic heterocycles. The fourth-order valence-electron chi connectivity index (χ4n) is 2.01. The normalized spacial score (nSPS) is 13.9. The molecule has 0 aliphatic heterocycles. The second-order valence-corrected chi connectivity index (χ2v) is 14.4. The zero-order valence-electron chi connectivity index (χ0n) is 14.5. The molecule has 0 saturated heterocycles. The maximum absolute atomic E-state index is 5.54. The summed E-state index contributed by atoms with van der Waals surface area (Å²) < 4.78 is 22.1. The van der Waals surface area contributed by atoms with Gasteiger partial charge in [-0.2, -0.15) is 0 Å². The van der Waals surface area contributed by atoms with Crippen molar-refractivity contribution < 1.29 is 18.9 Å². The quantitative estimate of drug-likeness (QED) is 0.173. The summed E-state index contributed by atoms with van der Waals surface area (Å²) in [5.41, 5.74) is -0.568. The molecular formula is C12H30O4S4Si2. The molecule has 4 nitrogen and oxygen atoms in total. The summed E-state index contributed by atoms with van der Waals surface area (Å²) in [4.78, 5) is 0. The van der Waals surface area contributed by atoms with Crippen LogP contribution in [0, 0.1) is 0 Å². The summed E-state index contributed by atoms with van der Waals surface area (Å²) in [6.45, 7) is 4.45. The first-order valence-corrected chi connectivity index (χ1v) is 16.8. The van der Waals surface area contributed by atoms with Crippen LogP contribution in [0.4, 0.5) is 0 Å². The van der Waals surface area contributed by atoms with Gasteiger partial charge in [0.2, 0.25) is 0 Å². The van der Waals surface area contributed by atoms with E-state index in [1.54, 1.807) is 28.4 Å². The zero-order chi connectivity index (χ0) is 16.9. The number of rotatable bonds is 15. The summed E-state index contributed by atoms with van der Waals surface area (Å²) in [5.74, 6) is 2.09. The topological polar surface area (TPSA) is 36.9 Å². The second kappa shape index (κ2) is 13.9. The van der Waals surface area contributed by atoms with E-state index in [1.165, 1.54) is 0 Å². The van der Waals surface area contributed by atoms with E-state index in [-0.39, 0.29) is 29.9 Å². The highest BCUT2D eigenvalue weighted by Gasteiger charge is 2.27. The molecule has 0 atom stereocenters. The van der Waals surface area contributed by atoms with Crippen molar-refractivity contribution in [2.24, 2.45) is 0 Å². The van der Waals surface area contributed by atoms with Crippen LogP contribution in [-0.4, -0.2) is 69.8 Å². The molecule has 10 heteroatoms. The fraction of sp³-hybridized carbons (Fsp3) is 1.00. The van der Waals surface area contributed by atoms with Crippen LogP contribution < -0.4 is 0 Å². The third-order valence-corrected chi connectivity index (χ3v) is 14.3. The molecule has 0 aromatic rings. The van der Waals surface area contributed by atoms with Crippen LogP contribution in [0.5, 0.6) is 0 Å². The number of hydrogen-bond acceptors (Lipinski definition) is 8. The van der Waals surface area contributed by atoms with Gasteiger partial charge < -0.3 is 18.9 Å². The number of hydrogen-bond donors (Lipinski definition) is 0. The molecule has 0 N–H and O–H groups in total. The van der Waals surface area contributed by atoms with Gasteiger partial charge in [0.1, 0.15) is 10.8 Å². The summed E-state index contributed by atoms with van der Waals surface area (Å²) in [6.07, 6.45) is 1.92. The lowest BCUT2D eigenvalue weighted by atomic mass is 10.4. The predicted molar refractivity (Wildman–Crippen MR) is 112 cm³/mol. The van der Waals surface area contributed by atoms with Crippen molar-refractivity contribution in [3.63, 3.8) is 0 Å². The van der Waals surface area contributed by atoms with Crippen molar-refractivity contribution in [3.8, 4) is 0 Å². The average molecular weight is 423 g/mol. The van der Waals surface area contributed by atoms with Gasteiger partial charge in [-0.15, -0.1) is 0 Å². The molecule has 0 bridgehead atoms. The standard InChI is InChI=1S/C12H30O4S4Si2/c1-13-11(14-2,21-5)7-9-17-19-20-18-10-8-12(15-3,16-4)22-6/h7-10,21-22H2,1-6H3. The summed E-state index contributed by atoms with van der Waals surface area (Å²) in [5, 5.41) is 0. The Bertz CT molecular complexity index is 227. The molecule has 0 fully saturated rings. The average Bonchev–Trinajstić information content (AvgIpc) is 2.58. The van der Waals surface area contributed by atoms with E-state index < -0.39 is 0 Å². The lowest BCUT2D eigenvalue weighted by Gasteiger charge is -2.29. The molecule has 0 aromatic carbocycles. The van der Waals surface area contributed by atoms with Gasteiger partial charge in [-0.3, -0.25) is 0 Å². The van der Waals surface area contributed by atoms with Gasteiger partial charge in [0.15, 0.2) is 0 Å². The molecule has 0 aliphatic carbocycles. The highest BCUT2D eigenvalue weighted by molar-refractivity contribution is 9.26. The van der Waals surface area contributed by atoms with Gasteiger partial charge in [-0.1, -0.05) is 34.7 Å². The predicted octanol–water partition coefficient (Wildman–Crippen LogP) is 2.77. The van der Waals surface area contributed by atoms with Crippen molar-refractivity contribution in [1.82, 2.24) is 0 Å². The Labute approximate surface area is 155 Å². The molecule has 0 heterocycles. The lowest BCUT2D eigenvalue weighted by molar-refractivity contribution is -0.145. The molecular weight excluding hydrogens is 393 g/mol. The van der Waals surface area contributed by atoms with E-state index >= 15 is 0 Å². The largest absolute Gasteiger partial charge is 0.358 e. The minimum Gasteiger partial charge on any atom is -0.358 e. The van der Waals surface area contributed by atoms with Gasteiger partial charge in [-0.25, -0.2) is 0 Å². The number of ether oxygens (including phenoxy) is 4. The molecule has 0 rings (SSSR count). The highest BCUT2D eigenvalue weighted by Crippen LogP contribution is 2.44. The summed E-state index contributed by atoms with van der Waals surface area (Å²) in [6, 6.07) is 0. The maximum atomic E-state index is 5.54. The zero-order valence-corrected chi connectivity index (χ0v) is 20.6. The van der Waals surface area contributed by atoms with Crippen LogP contribution in [0.15, 0.2) is 0 Å². The van der Waals surface area contributed by atoms with Crippen LogP contribution in [0.2, 0.25) is 13.1 Å². The minimum atomic E-state index is -0.354. The SMILES string of the molecule is COC(CCSSSSCCC(OC)(OC)[SiH2]C)(OC)[SiH2]C. The van der Waals surface area contributed by atoms with Crippen LogP contribution in [0.25, 0.3) is 0 Å². The molecule has 0 spiro atoms. The first-order chi connectivity index (χ1) is 10.6. The Morgan fingerprint density at radius 2 is 1.00 bits per heavy atom. The summed E-state index contributed by atoms with van der Waals surface area (Å²) >= 11 is 0.